The molecule has 0 radical (unpaired) electrons. The number of hydrogen-bond acceptors (Lipinski definition) is 3. The van der Waals surface area contributed by atoms with Crippen molar-refractivity contribution in [1.82, 2.24) is 19.2 Å². The lowest BCUT2D eigenvalue weighted by Crippen LogP contribution is -2.48. The molecule has 2 aromatic heterocycles. The van der Waals surface area contributed by atoms with Gasteiger partial charge in [-0.3, -0.25) is 9.69 Å². The number of benzene rings is 1. The Morgan fingerprint density at radius 3 is 2.48 bits per heavy atom. The molecule has 0 atom stereocenters. The van der Waals surface area contributed by atoms with E-state index in [1.807, 2.05) is 61.2 Å². The van der Waals surface area contributed by atoms with Gasteiger partial charge >= 0.3 is 0 Å². The van der Waals surface area contributed by atoms with Crippen molar-refractivity contribution in [2.75, 3.05) is 26.2 Å². The van der Waals surface area contributed by atoms with Crippen LogP contribution in [0.15, 0.2) is 60.3 Å². The smallest absolute Gasteiger partial charge is 0.246 e. The second-order valence-corrected chi connectivity index (χ2v) is 8.10. The van der Waals surface area contributed by atoms with E-state index >= 15 is 0 Å². The fourth-order valence-corrected chi connectivity index (χ4v) is 3.84. The molecule has 0 saturated carbocycles. The zero-order valence-corrected chi connectivity index (χ0v) is 17.6. The summed E-state index contributed by atoms with van der Waals surface area (Å²) in [6.07, 6.45) is 3.78. The number of allylic oxidation sites excluding steroid dienone is 1. The van der Waals surface area contributed by atoms with Crippen molar-refractivity contribution in [3.05, 3.63) is 71.0 Å². The molecule has 0 unspecified atom stereocenters. The summed E-state index contributed by atoms with van der Waals surface area (Å²) in [5.74, 6) is 0.112. The topological polar surface area (TPSA) is 40.9 Å². The first-order valence-electron chi connectivity index (χ1n) is 9.89. The molecule has 0 aliphatic carbocycles. The second kappa shape index (κ2) is 8.39. The summed E-state index contributed by atoms with van der Waals surface area (Å²) in [7, 11) is 0. The predicted molar refractivity (Wildman–Crippen MR) is 117 cm³/mol. The third-order valence-electron chi connectivity index (χ3n) is 5.22. The number of carbonyl (C=O) groups is 1. The lowest BCUT2D eigenvalue weighted by atomic mass is 10.1. The van der Waals surface area contributed by atoms with Crippen LogP contribution in [0.4, 0.5) is 0 Å². The molecule has 1 aromatic carbocycles. The van der Waals surface area contributed by atoms with Gasteiger partial charge in [-0.05, 0) is 38.1 Å². The van der Waals surface area contributed by atoms with E-state index in [9.17, 15) is 4.79 Å². The Kier molecular flexibility index (Phi) is 5.69. The molecule has 0 spiro atoms. The maximum atomic E-state index is 12.3. The van der Waals surface area contributed by atoms with E-state index in [-0.39, 0.29) is 5.91 Å². The van der Waals surface area contributed by atoms with E-state index in [2.05, 4.69) is 15.5 Å². The Morgan fingerprint density at radius 2 is 1.79 bits per heavy atom. The molecule has 1 aliphatic heterocycles. The van der Waals surface area contributed by atoms with E-state index in [0.717, 1.165) is 65.9 Å². The third kappa shape index (κ3) is 4.36. The second-order valence-electron chi connectivity index (χ2n) is 7.67. The van der Waals surface area contributed by atoms with Crippen LogP contribution in [0.1, 0.15) is 19.5 Å². The third-order valence-corrected chi connectivity index (χ3v) is 5.47. The number of hydrogen-bond donors (Lipinski definition) is 0. The van der Waals surface area contributed by atoms with Crippen molar-refractivity contribution in [3.63, 3.8) is 0 Å². The van der Waals surface area contributed by atoms with Crippen molar-refractivity contribution in [2.24, 2.45) is 0 Å². The van der Waals surface area contributed by atoms with Gasteiger partial charge in [0.2, 0.25) is 5.91 Å². The van der Waals surface area contributed by atoms with Crippen LogP contribution in [-0.2, 0) is 11.3 Å². The number of pyridine rings is 1. The highest BCUT2D eigenvalue weighted by molar-refractivity contribution is 6.30. The molecule has 0 N–H and O–H groups in total. The molecule has 29 heavy (non-hydrogen) atoms. The van der Waals surface area contributed by atoms with Crippen LogP contribution in [0.25, 0.3) is 16.9 Å². The van der Waals surface area contributed by atoms with Gasteiger partial charge in [-0.15, -0.1) is 0 Å². The SMILES string of the molecule is CC(C)=CC(=O)N1CCN(Cc2c(-c3ccc(Cl)cc3)nc3ccccn23)CC1. The molecule has 150 valence electrons. The number of carbonyl (C=O) groups excluding carboxylic acids is 1. The fourth-order valence-electron chi connectivity index (χ4n) is 3.71. The zero-order valence-electron chi connectivity index (χ0n) is 16.8. The van der Waals surface area contributed by atoms with Crippen LogP contribution < -0.4 is 0 Å². The van der Waals surface area contributed by atoms with E-state index in [1.165, 1.54) is 0 Å². The van der Waals surface area contributed by atoms with Crippen LogP contribution in [0, 0.1) is 0 Å². The van der Waals surface area contributed by atoms with Gasteiger partial charge in [-0.1, -0.05) is 35.4 Å². The summed E-state index contributed by atoms with van der Waals surface area (Å²) in [5, 5.41) is 0.719. The molecule has 5 nitrogen and oxygen atoms in total. The van der Waals surface area contributed by atoms with Crippen molar-refractivity contribution in [1.29, 1.82) is 0 Å². The minimum absolute atomic E-state index is 0.112. The van der Waals surface area contributed by atoms with Crippen molar-refractivity contribution >= 4 is 23.2 Å². The largest absolute Gasteiger partial charge is 0.337 e. The molecule has 1 aliphatic rings. The lowest BCUT2D eigenvalue weighted by molar-refractivity contribution is -0.127. The zero-order chi connectivity index (χ0) is 20.4. The molecule has 1 fully saturated rings. The number of rotatable bonds is 4. The maximum absolute atomic E-state index is 12.3. The highest BCUT2D eigenvalue weighted by Gasteiger charge is 2.22. The van der Waals surface area contributed by atoms with E-state index in [0.29, 0.717) is 0 Å². The fraction of sp³-hybridized carbons (Fsp3) is 0.304. The molecule has 3 heterocycles. The van der Waals surface area contributed by atoms with Crippen LogP contribution in [0.3, 0.4) is 0 Å². The molecule has 0 bridgehead atoms. The Labute approximate surface area is 176 Å². The summed E-state index contributed by atoms with van der Waals surface area (Å²) in [5.41, 5.74) is 5.17. The number of nitrogens with zero attached hydrogens (tertiary/aromatic N) is 4. The minimum atomic E-state index is 0.112. The summed E-state index contributed by atoms with van der Waals surface area (Å²) in [4.78, 5) is 21.5. The predicted octanol–water partition coefficient (Wildman–Crippen LogP) is 4.27. The first-order chi connectivity index (χ1) is 14.0. The molecule has 1 amide bonds. The first kappa shape index (κ1) is 19.7. The van der Waals surface area contributed by atoms with Gasteiger partial charge in [-0.2, -0.15) is 0 Å². The number of imidazole rings is 1. The van der Waals surface area contributed by atoms with E-state index in [1.54, 1.807) is 6.08 Å². The quantitative estimate of drug-likeness (QED) is 0.605. The van der Waals surface area contributed by atoms with Gasteiger partial charge in [0.05, 0.1) is 11.4 Å². The summed E-state index contributed by atoms with van der Waals surface area (Å²) in [6, 6.07) is 13.9. The van der Waals surface area contributed by atoms with E-state index in [4.69, 9.17) is 16.6 Å². The van der Waals surface area contributed by atoms with Crippen molar-refractivity contribution in [3.8, 4) is 11.3 Å². The maximum Gasteiger partial charge on any atom is 0.246 e. The highest BCUT2D eigenvalue weighted by atomic mass is 35.5. The minimum Gasteiger partial charge on any atom is -0.337 e. The molecular formula is C23H25ClN4O. The Hall–Kier alpha value is -2.63. The molecule has 3 aromatic rings. The number of amides is 1. The monoisotopic (exact) mass is 408 g/mol. The normalized spacial score (nSPS) is 14.9. The van der Waals surface area contributed by atoms with Gasteiger partial charge in [-0.25, -0.2) is 4.98 Å². The standard InChI is InChI=1S/C23H25ClN4O/c1-17(2)15-22(29)27-13-11-26(12-14-27)16-20-23(18-6-8-19(24)9-7-18)25-21-5-3-4-10-28(20)21/h3-10,15H,11-14,16H2,1-2H3. The van der Waals surface area contributed by atoms with Crippen molar-refractivity contribution < 1.29 is 4.79 Å². The lowest BCUT2D eigenvalue weighted by Gasteiger charge is -2.34. The van der Waals surface area contributed by atoms with Crippen LogP contribution in [0.2, 0.25) is 5.02 Å². The summed E-state index contributed by atoms with van der Waals surface area (Å²) >= 11 is 6.07. The van der Waals surface area contributed by atoms with Gasteiger partial charge in [0.15, 0.2) is 0 Å². The summed E-state index contributed by atoms with van der Waals surface area (Å²) in [6.45, 7) is 7.89. The molecule has 6 heteroatoms. The number of piperazine rings is 1. The average molecular weight is 409 g/mol. The van der Waals surface area contributed by atoms with Crippen molar-refractivity contribution in [2.45, 2.75) is 20.4 Å². The van der Waals surface area contributed by atoms with E-state index < -0.39 is 0 Å². The summed E-state index contributed by atoms with van der Waals surface area (Å²) < 4.78 is 2.16. The van der Waals surface area contributed by atoms with Crippen LogP contribution >= 0.6 is 11.6 Å². The van der Waals surface area contributed by atoms with Gasteiger partial charge in [0, 0.05) is 55.6 Å². The molecular weight excluding hydrogens is 384 g/mol. The first-order valence-corrected chi connectivity index (χ1v) is 10.3. The number of aromatic nitrogens is 2. The number of halogens is 1. The van der Waals surface area contributed by atoms with Crippen LogP contribution in [-0.4, -0.2) is 51.3 Å². The Balaban J connectivity index is 1.57. The Morgan fingerprint density at radius 1 is 1.07 bits per heavy atom. The molecule has 1 saturated heterocycles. The average Bonchev–Trinajstić information content (AvgIpc) is 3.07. The molecule has 4 rings (SSSR count). The highest BCUT2D eigenvalue weighted by Crippen LogP contribution is 2.27. The number of fused-ring (bicyclic) bond motifs is 1. The van der Waals surface area contributed by atoms with Gasteiger partial charge in [0.25, 0.3) is 0 Å². The van der Waals surface area contributed by atoms with Gasteiger partial charge < -0.3 is 9.30 Å². The Bertz CT molecular complexity index is 1040. The van der Waals surface area contributed by atoms with Crippen LogP contribution in [0.5, 0.6) is 0 Å². The van der Waals surface area contributed by atoms with Gasteiger partial charge in [0.1, 0.15) is 5.65 Å².